The number of nitrogens with one attached hydrogen (secondary N) is 1. The maximum Gasteiger partial charge on any atom is 0.242 e. The van der Waals surface area contributed by atoms with Crippen LogP contribution in [0.15, 0.2) is 64.4 Å². The Balaban J connectivity index is 1.84. The van der Waals surface area contributed by atoms with Gasteiger partial charge in [0.2, 0.25) is 10.0 Å². The molecule has 0 radical (unpaired) electrons. The van der Waals surface area contributed by atoms with Gasteiger partial charge in [0, 0.05) is 18.9 Å². The molecule has 0 saturated heterocycles. The third-order valence-corrected chi connectivity index (χ3v) is 5.99. The molecule has 0 aliphatic rings. The maximum atomic E-state index is 12.5. The highest BCUT2D eigenvalue weighted by Gasteiger charge is 2.21. The Morgan fingerprint density at radius 2 is 2.09 bits per heavy atom. The Labute approximate surface area is 143 Å². The van der Waals surface area contributed by atoms with Crippen molar-refractivity contribution in [3.05, 3.63) is 70.1 Å². The lowest BCUT2D eigenvalue weighted by atomic mass is 10.1. The molecule has 2 aromatic heterocycles. The molecule has 0 aliphatic heterocycles. The van der Waals surface area contributed by atoms with Crippen molar-refractivity contribution in [3.8, 4) is 0 Å². The number of thiophene rings is 1. The van der Waals surface area contributed by atoms with Gasteiger partial charge >= 0.3 is 0 Å². The van der Waals surface area contributed by atoms with E-state index in [0.717, 1.165) is 5.56 Å². The van der Waals surface area contributed by atoms with E-state index in [0.29, 0.717) is 0 Å². The molecular weight excluding hydrogens is 354 g/mol. The van der Waals surface area contributed by atoms with Crippen LogP contribution < -0.4 is 4.72 Å². The summed E-state index contributed by atoms with van der Waals surface area (Å²) in [5.74, 6) is 0. The molecule has 0 unspecified atom stereocenters. The van der Waals surface area contributed by atoms with Crippen LogP contribution in [0.2, 0.25) is 5.02 Å². The first-order valence-corrected chi connectivity index (χ1v) is 9.64. The predicted molar refractivity (Wildman–Crippen MR) is 91.3 cm³/mol. The minimum atomic E-state index is -3.69. The summed E-state index contributed by atoms with van der Waals surface area (Å²) >= 11 is 7.55. The minimum absolute atomic E-state index is 0.0752. The lowest BCUT2D eigenvalue weighted by molar-refractivity contribution is 0.506. The molecule has 0 saturated carbocycles. The quantitative estimate of drug-likeness (QED) is 0.727. The van der Waals surface area contributed by atoms with Crippen molar-refractivity contribution in [2.45, 2.75) is 10.9 Å². The second kappa shape index (κ2) is 6.84. The van der Waals surface area contributed by atoms with Gasteiger partial charge in [-0.25, -0.2) is 13.1 Å². The molecule has 0 bridgehead atoms. The minimum Gasteiger partial charge on any atom is -0.264 e. The number of hydrogen-bond acceptors (Lipinski definition) is 4. The van der Waals surface area contributed by atoms with Crippen molar-refractivity contribution in [2.24, 2.45) is 0 Å². The molecule has 5 nitrogen and oxygen atoms in total. The highest BCUT2D eigenvalue weighted by atomic mass is 35.5. The van der Waals surface area contributed by atoms with E-state index in [1.807, 2.05) is 29.1 Å². The number of nitrogens with zero attached hydrogens (tertiary/aromatic N) is 2. The summed E-state index contributed by atoms with van der Waals surface area (Å²) in [4.78, 5) is 0.0752. The molecule has 0 fully saturated rings. The summed E-state index contributed by atoms with van der Waals surface area (Å²) < 4.78 is 29.3. The SMILES string of the molecule is O=S(=O)(NC[C@H](c1ccsc1)n1cccn1)c1ccccc1Cl. The first-order chi connectivity index (χ1) is 11.1. The van der Waals surface area contributed by atoms with Gasteiger partial charge < -0.3 is 0 Å². The van der Waals surface area contributed by atoms with Crippen LogP contribution in [0, 0.1) is 0 Å². The fraction of sp³-hybridized carbons (Fsp3) is 0.133. The number of rotatable bonds is 6. The highest BCUT2D eigenvalue weighted by molar-refractivity contribution is 7.89. The Kier molecular flexibility index (Phi) is 4.82. The van der Waals surface area contributed by atoms with Crippen LogP contribution in [0.25, 0.3) is 0 Å². The summed E-state index contributed by atoms with van der Waals surface area (Å²) in [6.45, 7) is 0.186. The lowest BCUT2D eigenvalue weighted by Gasteiger charge is -2.18. The first kappa shape index (κ1) is 16.2. The van der Waals surface area contributed by atoms with Gasteiger partial charge in [0.1, 0.15) is 4.90 Å². The molecule has 2 heterocycles. The number of aromatic nitrogens is 2. The molecule has 3 rings (SSSR count). The summed E-state index contributed by atoms with van der Waals surface area (Å²) in [6, 6.07) is 9.93. The number of halogens is 1. The molecule has 0 spiro atoms. The standard InChI is InChI=1S/C15H14ClN3O2S2/c16-13-4-1-2-5-15(13)23(20,21)18-10-14(12-6-9-22-11-12)19-8-3-7-17-19/h1-9,11,14,18H,10H2/t14-/m1/s1. The summed E-state index contributed by atoms with van der Waals surface area (Å²) in [5.41, 5.74) is 1.00. The zero-order valence-electron chi connectivity index (χ0n) is 12.0. The normalized spacial score (nSPS) is 13.1. The zero-order chi connectivity index (χ0) is 16.3. The Morgan fingerprint density at radius 1 is 1.26 bits per heavy atom. The number of benzene rings is 1. The summed E-state index contributed by atoms with van der Waals surface area (Å²) in [7, 11) is -3.69. The van der Waals surface area contributed by atoms with Gasteiger partial charge in [0.25, 0.3) is 0 Å². The number of sulfonamides is 1. The van der Waals surface area contributed by atoms with Gasteiger partial charge in [-0.1, -0.05) is 23.7 Å². The van der Waals surface area contributed by atoms with E-state index in [9.17, 15) is 8.42 Å². The maximum absolute atomic E-state index is 12.5. The molecule has 1 aromatic carbocycles. The topological polar surface area (TPSA) is 64.0 Å². The van der Waals surface area contributed by atoms with Crippen molar-refractivity contribution in [2.75, 3.05) is 6.54 Å². The van der Waals surface area contributed by atoms with Crippen LogP contribution in [0.4, 0.5) is 0 Å². The molecule has 0 aliphatic carbocycles. The third-order valence-electron chi connectivity index (χ3n) is 3.37. The van der Waals surface area contributed by atoms with Crippen molar-refractivity contribution >= 4 is 33.0 Å². The van der Waals surface area contributed by atoms with Gasteiger partial charge in [-0.15, -0.1) is 0 Å². The van der Waals surface area contributed by atoms with Crippen molar-refractivity contribution in [3.63, 3.8) is 0 Å². The largest absolute Gasteiger partial charge is 0.264 e. The fourth-order valence-corrected chi connectivity index (χ4v) is 4.49. The van der Waals surface area contributed by atoms with Gasteiger partial charge in [0.15, 0.2) is 0 Å². The Bertz CT molecular complexity index is 828. The van der Waals surface area contributed by atoms with Crippen molar-refractivity contribution in [1.29, 1.82) is 0 Å². The lowest BCUT2D eigenvalue weighted by Crippen LogP contribution is -2.31. The van der Waals surface area contributed by atoms with Gasteiger partial charge in [-0.3, -0.25) is 4.68 Å². The van der Waals surface area contributed by atoms with Crippen LogP contribution in [-0.2, 0) is 10.0 Å². The first-order valence-electron chi connectivity index (χ1n) is 6.83. The molecule has 8 heteroatoms. The zero-order valence-corrected chi connectivity index (χ0v) is 14.4. The molecule has 120 valence electrons. The molecule has 1 atom stereocenters. The Hall–Kier alpha value is -1.67. The average molecular weight is 368 g/mol. The molecule has 1 N–H and O–H groups in total. The molecule has 0 amide bonds. The van der Waals surface area contributed by atoms with E-state index < -0.39 is 10.0 Å². The average Bonchev–Trinajstić information content (AvgIpc) is 3.21. The molecule has 3 aromatic rings. The van der Waals surface area contributed by atoms with Crippen LogP contribution in [0.5, 0.6) is 0 Å². The van der Waals surface area contributed by atoms with Crippen LogP contribution in [-0.4, -0.2) is 24.7 Å². The monoisotopic (exact) mass is 367 g/mol. The van der Waals surface area contributed by atoms with Crippen LogP contribution in [0.1, 0.15) is 11.6 Å². The van der Waals surface area contributed by atoms with Crippen LogP contribution in [0.3, 0.4) is 0 Å². The van der Waals surface area contributed by atoms with Gasteiger partial charge in [-0.05, 0) is 40.6 Å². The second-order valence-corrected chi connectivity index (χ2v) is 7.76. The van der Waals surface area contributed by atoms with Crippen molar-refractivity contribution in [1.82, 2.24) is 14.5 Å². The second-order valence-electron chi connectivity index (χ2n) is 4.84. The third kappa shape index (κ3) is 3.64. The van der Waals surface area contributed by atoms with Crippen LogP contribution >= 0.6 is 22.9 Å². The molecule has 23 heavy (non-hydrogen) atoms. The molecular formula is C15H14ClN3O2S2. The van der Waals surface area contributed by atoms with E-state index in [1.54, 1.807) is 40.4 Å². The van der Waals surface area contributed by atoms with Gasteiger partial charge in [0.05, 0.1) is 11.1 Å². The highest BCUT2D eigenvalue weighted by Crippen LogP contribution is 2.23. The van der Waals surface area contributed by atoms with Gasteiger partial charge in [-0.2, -0.15) is 16.4 Å². The summed E-state index contributed by atoms with van der Waals surface area (Å²) in [5, 5.41) is 8.36. The van der Waals surface area contributed by atoms with E-state index in [2.05, 4.69) is 9.82 Å². The van der Waals surface area contributed by atoms with E-state index >= 15 is 0 Å². The predicted octanol–water partition coefficient (Wildman–Crippen LogP) is 3.17. The number of hydrogen-bond donors (Lipinski definition) is 1. The van der Waals surface area contributed by atoms with E-state index in [-0.39, 0.29) is 22.5 Å². The smallest absolute Gasteiger partial charge is 0.242 e. The van der Waals surface area contributed by atoms with Crippen molar-refractivity contribution < 1.29 is 8.42 Å². The van der Waals surface area contributed by atoms with E-state index in [4.69, 9.17) is 11.6 Å². The fourth-order valence-electron chi connectivity index (χ4n) is 2.22. The Morgan fingerprint density at radius 3 is 2.74 bits per heavy atom. The summed E-state index contributed by atoms with van der Waals surface area (Å²) in [6.07, 6.45) is 3.48. The van der Waals surface area contributed by atoms with E-state index in [1.165, 1.54) is 6.07 Å².